The predicted octanol–water partition coefficient (Wildman–Crippen LogP) is 1.71. The minimum atomic E-state index is -0.781. The van der Waals surface area contributed by atoms with Crippen LogP contribution in [0.3, 0.4) is 0 Å². The molecular weight excluding hydrogens is 375 g/mol. The topological polar surface area (TPSA) is 99.2 Å². The lowest BCUT2D eigenvalue weighted by atomic mass is 10.0. The average Bonchev–Trinajstić information content (AvgIpc) is 3.35. The minimum Gasteiger partial charge on any atom is -0.478 e. The van der Waals surface area contributed by atoms with Gasteiger partial charge in [-0.1, -0.05) is 12.1 Å². The van der Waals surface area contributed by atoms with E-state index in [1.807, 2.05) is 0 Å². The first-order valence-electron chi connectivity index (χ1n) is 9.66. The van der Waals surface area contributed by atoms with Crippen molar-refractivity contribution in [1.82, 2.24) is 24.6 Å². The van der Waals surface area contributed by atoms with E-state index < -0.39 is 11.9 Å². The number of ether oxygens (including phenoxy) is 1. The van der Waals surface area contributed by atoms with E-state index in [-0.39, 0.29) is 17.6 Å². The highest BCUT2D eigenvalue weighted by molar-refractivity contribution is 5.81. The zero-order valence-electron chi connectivity index (χ0n) is 16.2. The molecule has 0 bridgehead atoms. The summed E-state index contributed by atoms with van der Waals surface area (Å²) in [5.74, 6) is -0.529. The van der Waals surface area contributed by atoms with Gasteiger partial charge in [-0.05, 0) is 25.5 Å². The van der Waals surface area contributed by atoms with Crippen LogP contribution in [-0.2, 0) is 11.3 Å². The monoisotopic (exact) mass is 398 g/mol. The number of hydrogen-bond acceptors (Lipinski definition) is 6. The Bertz CT molecular complexity index is 1020. The van der Waals surface area contributed by atoms with E-state index in [0.717, 1.165) is 17.6 Å². The number of aromatic nitrogens is 4. The second kappa shape index (κ2) is 8.12. The molecule has 2 atom stereocenters. The Hall–Kier alpha value is -3.07. The van der Waals surface area contributed by atoms with Crippen molar-refractivity contribution >= 4 is 17.1 Å². The lowest BCUT2D eigenvalue weighted by Gasteiger charge is -2.21. The Morgan fingerprint density at radius 2 is 2.14 bits per heavy atom. The molecule has 1 aliphatic rings. The highest BCUT2D eigenvalue weighted by Crippen LogP contribution is 2.31. The van der Waals surface area contributed by atoms with Crippen LogP contribution >= 0.6 is 0 Å². The van der Waals surface area contributed by atoms with Gasteiger partial charge in [0.25, 0.3) is 5.91 Å². The largest absolute Gasteiger partial charge is 0.478 e. The van der Waals surface area contributed by atoms with Gasteiger partial charge in [-0.2, -0.15) is 5.10 Å². The SMILES string of the molecule is C[C@@H](Oc1ccccc1F)C(=O)N1CC[C@@H](c2nn(CCN)c3nccnc23)C1. The number of rotatable bonds is 6. The highest BCUT2D eigenvalue weighted by atomic mass is 19.1. The van der Waals surface area contributed by atoms with Crippen LogP contribution in [0.2, 0.25) is 0 Å². The molecule has 1 fully saturated rings. The average molecular weight is 398 g/mol. The molecule has 29 heavy (non-hydrogen) atoms. The Balaban J connectivity index is 1.48. The summed E-state index contributed by atoms with van der Waals surface area (Å²) >= 11 is 0. The van der Waals surface area contributed by atoms with Crippen molar-refractivity contribution < 1.29 is 13.9 Å². The summed E-state index contributed by atoms with van der Waals surface area (Å²) < 4.78 is 21.1. The molecule has 1 aromatic carbocycles. The zero-order chi connectivity index (χ0) is 20.4. The number of benzene rings is 1. The van der Waals surface area contributed by atoms with Gasteiger partial charge < -0.3 is 15.4 Å². The molecule has 9 heteroatoms. The first-order valence-corrected chi connectivity index (χ1v) is 9.66. The normalized spacial score (nSPS) is 17.6. The smallest absolute Gasteiger partial charge is 0.263 e. The summed E-state index contributed by atoms with van der Waals surface area (Å²) in [7, 11) is 0. The van der Waals surface area contributed by atoms with Crippen LogP contribution in [0.25, 0.3) is 11.2 Å². The minimum absolute atomic E-state index is 0.0536. The zero-order valence-corrected chi connectivity index (χ0v) is 16.2. The van der Waals surface area contributed by atoms with Gasteiger partial charge in [0.05, 0.1) is 12.2 Å². The van der Waals surface area contributed by atoms with Crippen LogP contribution < -0.4 is 10.5 Å². The fourth-order valence-electron chi connectivity index (χ4n) is 3.70. The van der Waals surface area contributed by atoms with Crippen LogP contribution in [0, 0.1) is 5.82 Å². The molecule has 8 nitrogen and oxygen atoms in total. The van der Waals surface area contributed by atoms with Gasteiger partial charge >= 0.3 is 0 Å². The number of carbonyl (C=O) groups excluding carboxylic acids is 1. The van der Waals surface area contributed by atoms with E-state index in [1.54, 1.807) is 41.0 Å². The van der Waals surface area contributed by atoms with Crippen molar-refractivity contribution in [2.24, 2.45) is 5.73 Å². The Morgan fingerprint density at radius 3 is 2.93 bits per heavy atom. The quantitative estimate of drug-likeness (QED) is 0.679. The van der Waals surface area contributed by atoms with Crippen molar-refractivity contribution in [2.45, 2.75) is 31.9 Å². The van der Waals surface area contributed by atoms with Crippen LogP contribution in [0.5, 0.6) is 5.75 Å². The number of likely N-dealkylation sites (tertiary alicyclic amines) is 1. The second-order valence-corrected chi connectivity index (χ2v) is 7.09. The van der Waals surface area contributed by atoms with Gasteiger partial charge in [-0.15, -0.1) is 0 Å². The Labute approximate surface area is 167 Å². The van der Waals surface area contributed by atoms with E-state index in [4.69, 9.17) is 10.5 Å². The summed E-state index contributed by atoms with van der Waals surface area (Å²) in [6.07, 6.45) is 3.26. The Kier molecular flexibility index (Phi) is 5.39. The molecule has 1 saturated heterocycles. The van der Waals surface area contributed by atoms with Gasteiger partial charge in [-0.3, -0.25) is 4.79 Å². The second-order valence-electron chi connectivity index (χ2n) is 7.09. The third-order valence-electron chi connectivity index (χ3n) is 5.11. The number of halogens is 1. The predicted molar refractivity (Wildman–Crippen MR) is 105 cm³/mol. The molecule has 0 spiro atoms. The van der Waals surface area contributed by atoms with E-state index in [9.17, 15) is 9.18 Å². The fraction of sp³-hybridized carbons (Fsp3) is 0.400. The molecule has 1 aliphatic heterocycles. The number of hydrogen-bond donors (Lipinski definition) is 1. The molecule has 152 valence electrons. The number of nitrogens with zero attached hydrogens (tertiary/aromatic N) is 5. The summed E-state index contributed by atoms with van der Waals surface area (Å²) in [5, 5.41) is 4.67. The maximum absolute atomic E-state index is 13.8. The summed E-state index contributed by atoms with van der Waals surface area (Å²) in [6, 6.07) is 6.07. The first-order chi connectivity index (χ1) is 14.1. The van der Waals surface area contributed by atoms with Gasteiger partial charge in [0.15, 0.2) is 23.3 Å². The van der Waals surface area contributed by atoms with Gasteiger partial charge in [0, 0.05) is 37.9 Å². The Morgan fingerprint density at radius 1 is 1.34 bits per heavy atom. The third kappa shape index (κ3) is 3.77. The maximum atomic E-state index is 13.8. The molecule has 4 rings (SSSR count). The van der Waals surface area contributed by atoms with Crippen molar-refractivity contribution in [3.63, 3.8) is 0 Å². The molecule has 0 aliphatic carbocycles. The number of carbonyl (C=O) groups is 1. The summed E-state index contributed by atoms with van der Waals surface area (Å²) in [6.45, 7) is 3.74. The van der Waals surface area contributed by atoms with E-state index in [1.165, 1.54) is 12.1 Å². The standard InChI is InChI=1S/C20H23FN6O2/c1-13(29-16-5-3-2-4-15(16)21)20(28)26-10-6-14(12-26)17-18-19(24-9-8-23-18)27(25-17)11-7-22/h2-5,8-9,13-14H,6-7,10-12,22H2,1H3/t13-,14-/m1/s1. The number of nitrogens with two attached hydrogens (primary N) is 1. The van der Waals surface area contributed by atoms with Crippen LogP contribution in [0.15, 0.2) is 36.7 Å². The molecule has 2 N–H and O–H groups in total. The van der Waals surface area contributed by atoms with E-state index >= 15 is 0 Å². The van der Waals surface area contributed by atoms with Gasteiger partial charge in [-0.25, -0.2) is 19.0 Å². The maximum Gasteiger partial charge on any atom is 0.263 e. The molecule has 0 saturated carbocycles. The lowest BCUT2D eigenvalue weighted by molar-refractivity contribution is -0.136. The highest BCUT2D eigenvalue weighted by Gasteiger charge is 2.33. The molecule has 3 heterocycles. The summed E-state index contributed by atoms with van der Waals surface area (Å²) in [4.78, 5) is 23.4. The van der Waals surface area contributed by atoms with E-state index in [2.05, 4.69) is 15.1 Å². The molecule has 0 unspecified atom stereocenters. The van der Waals surface area contributed by atoms with Crippen LogP contribution in [0.4, 0.5) is 4.39 Å². The van der Waals surface area contributed by atoms with Crippen molar-refractivity contribution in [1.29, 1.82) is 0 Å². The van der Waals surface area contributed by atoms with Gasteiger partial charge in [0.2, 0.25) is 0 Å². The molecular formula is C20H23FN6O2. The number of para-hydroxylation sites is 1. The molecule has 0 radical (unpaired) electrons. The number of fused-ring (bicyclic) bond motifs is 1. The van der Waals surface area contributed by atoms with Crippen molar-refractivity contribution in [3.8, 4) is 5.75 Å². The fourth-order valence-corrected chi connectivity index (χ4v) is 3.70. The molecule has 1 amide bonds. The van der Waals surface area contributed by atoms with Gasteiger partial charge in [0.1, 0.15) is 5.52 Å². The van der Waals surface area contributed by atoms with E-state index in [0.29, 0.717) is 31.8 Å². The van der Waals surface area contributed by atoms with Crippen LogP contribution in [-0.4, -0.2) is 56.3 Å². The third-order valence-corrected chi connectivity index (χ3v) is 5.11. The lowest BCUT2D eigenvalue weighted by Crippen LogP contribution is -2.39. The molecule has 2 aromatic heterocycles. The molecule has 3 aromatic rings. The number of amides is 1. The first kappa shape index (κ1) is 19.3. The summed E-state index contributed by atoms with van der Waals surface area (Å²) in [5.41, 5.74) is 7.96. The van der Waals surface area contributed by atoms with Crippen molar-refractivity contribution in [2.75, 3.05) is 19.6 Å². The van der Waals surface area contributed by atoms with Crippen LogP contribution in [0.1, 0.15) is 25.0 Å². The van der Waals surface area contributed by atoms with Crippen molar-refractivity contribution in [3.05, 3.63) is 48.2 Å².